The molecule has 1 fully saturated rings. The van der Waals surface area contributed by atoms with Gasteiger partial charge in [-0.25, -0.2) is 18.9 Å². The van der Waals surface area contributed by atoms with Crippen molar-refractivity contribution in [3.8, 4) is 0 Å². The summed E-state index contributed by atoms with van der Waals surface area (Å²) in [6.45, 7) is 4.43. The second kappa shape index (κ2) is 15.0. The number of carbonyl (C=O) groups is 2. The van der Waals surface area contributed by atoms with Gasteiger partial charge in [0, 0.05) is 0 Å². The van der Waals surface area contributed by atoms with Gasteiger partial charge in [-0.1, -0.05) is 24.3 Å². The van der Waals surface area contributed by atoms with E-state index in [1.807, 2.05) is 32.0 Å². The molecular formula is C26H33FKNO5. The van der Waals surface area contributed by atoms with E-state index in [0.29, 0.717) is 30.5 Å². The van der Waals surface area contributed by atoms with Gasteiger partial charge in [0.2, 0.25) is 0 Å². The number of benzene rings is 2. The first-order valence-electron chi connectivity index (χ1n) is 11.5. The van der Waals surface area contributed by atoms with Crippen LogP contribution in [0.5, 0.6) is 0 Å². The van der Waals surface area contributed by atoms with Gasteiger partial charge in [0.1, 0.15) is 12.4 Å². The van der Waals surface area contributed by atoms with Crippen LogP contribution in [0.15, 0.2) is 54.6 Å². The van der Waals surface area contributed by atoms with Crippen molar-refractivity contribution in [3.63, 3.8) is 0 Å². The standard InChI is InChI=1S/C26H32FNO5.K.H/c1-19(2)33-25(29)18-31-16-20-11-13-21(14-12-20)17-32-26(30)28(23-8-4-3-5-9-23)24-10-6-7-22(27)15-24;;/h3-10,15,19-21H,11-14,16-18H2,1-2H3;;. The van der Waals surface area contributed by atoms with Crippen LogP contribution in [-0.2, 0) is 19.0 Å². The number of halogens is 1. The van der Waals surface area contributed by atoms with Crippen LogP contribution >= 0.6 is 0 Å². The van der Waals surface area contributed by atoms with Crippen molar-refractivity contribution >= 4 is 74.8 Å². The minimum atomic E-state index is -0.527. The van der Waals surface area contributed by atoms with Crippen LogP contribution < -0.4 is 4.90 Å². The molecule has 34 heavy (non-hydrogen) atoms. The Morgan fingerprint density at radius 3 is 2.18 bits per heavy atom. The normalized spacial score (nSPS) is 17.5. The first kappa shape index (κ1) is 28.9. The zero-order valence-corrected chi connectivity index (χ0v) is 19.2. The Morgan fingerprint density at radius 2 is 1.56 bits per heavy atom. The minimum absolute atomic E-state index is 0. The molecule has 0 saturated heterocycles. The van der Waals surface area contributed by atoms with E-state index in [2.05, 4.69) is 0 Å². The van der Waals surface area contributed by atoms with Gasteiger partial charge in [-0.2, -0.15) is 0 Å². The van der Waals surface area contributed by atoms with Crippen molar-refractivity contribution in [1.29, 1.82) is 0 Å². The molecule has 0 radical (unpaired) electrons. The van der Waals surface area contributed by atoms with Crippen LogP contribution in [0.3, 0.4) is 0 Å². The summed E-state index contributed by atoms with van der Waals surface area (Å²) in [6, 6.07) is 15.0. The molecule has 0 unspecified atom stereocenters. The summed E-state index contributed by atoms with van der Waals surface area (Å²) in [4.78, 5) is 25.9. The number of para-hydroxylation sites is 1. The molecule has 0 aliphatic heterocycles. The van der Waals surface area contributed by atoms with Crippen molar-refractivity contribution < 1.29 is 28.2 Å². The van der Waals surface area contributed by atoms with Crippen molar-refractivity contribution in [2.24, 2.45) is 11.8 Å². The fourth-order valence-electron chi connectivity index (χ4n) is 3.98. The fraction of sp³-hybridized carbons (Fsp3) is 0.462. The van der Waals surface area contributed by atoms with E-state index in [1.165, 1.54) is 17.0 Å². The van der Waals surface area contributed by atoms with Crippen LogP contribution in [-0.4, -0.2) is 89.4 Å². The number of esters is 1. The van der Waals surface area contributed by atoms with Gasteiger partial charge in [0.15, 0.2) is 0 Å². The summed E-state index contributed by atoms with van der Waals surface area (Å²) in [5.41, 5.74) is 1.04. The number of hydrogen-bond donors (Lipinski definition) is 0. The number of hydrogen-bond acceptors (Lipinski definition) is 5. The molecule has 0 bridgehead atoms. The number of amides is 1. The number of anilines is 2. The molecule has 6 nitrogen and oxygen atoms in total. The van der Waals surface area contributed by atoms with E-state index in [9.17, 15) is 14.0 Å². The van der Waals surface area contributed by atoms with E-state index in [4.69, 9.17) is 14.2 Å². The number of carbonyl (C=O) groups excluding carboxylic acids is 2. The fourth-order valence-corrected chi connectivity index (χ4v) is 3.98. The van der Waals surface area contributed by atoms with Gasteiger partial charge in [-0.05, 0) is 81.7 Å². The molecule has 0 heterocycles. The summed E-state index contributed by atoms with van der Waals surface area (Å²) >= 11 is 0. The zero-order valence-electron chi connectivity index (χ0n) is 19.2. The molecule has 3 rings (SSSR count). The second-order valence-electron chi connectivity index (χ2n) is 8.67. The summed E-state index contributed by atoms with van der Waals surface area (Å²) in [6.07, 6.45) is 3.08. The van der Waals surface area contributed by atoms with E-state index >= 15 is 0 Å². The monoisotopic (exact) mass is 497 g/mol. The molecular weight excluding hydrogens is 464 g/mol. The first-order chi connectivity index (χ1) is 15.9. The van der Waals surface area contributed by atoms with Crippen LogP contribution in [0.4, 0.5) is 20.6 Å². The van der Waals surface area contributed by atoms with E-state index in [0.717, 1.165) is 25.7 Å². The van der Waals surface area contributed by atoms with Crippen molar-refractivity contribution in [2.45, 2.75) is 45.6 Å². The number of rotatable bonds is 9. The average Bonchev–Trinajstić information content (AvgIpc) is 2.79. The summed E-state index contributed by atoms with van der Waals surface area (Å²) in [5.74, 6) is -0.107. The maximum atomic E-state index is 13.8. The van der Waals surface area contributed by atoms with Gasteiger partial charge >= 0.3 is 63.4 Å². The van der Waals surface area contributed by atoms with Crippen molar-refractivity contribution in [2.75, 3.05) is 24.7 Å². The Balaban J connectivity index is 0.00000408. The molecule has 2 aromatic rings. The van der Waals surface area contributed by atoms with Crippen LogP contribution in [0, 0.1) is 17.7 Å². The predicted molar refractivity (Wildman–Crippen MR) is 131 cm³/mol. The van der Waals surface area contributed by atoms with Crippen LogP contribution in [0.25, 0.3) is 0 Å². The molecule has 8 heteroatoms. The van der Waals surface area contributed by atoms with Crippen molar-refractivity contribution in [1.82, 2.24) is 0 Å². The van der Waals surface area contributed by atoms with Crippen LogP contribution in [0.2, 0.25) is 0 Å². The van der Waals surface area contributed by atoms with Gasteiger partial charge < -0.3 is 14.2 Å². The molecule has 0 aromatic heterocycles. The van der Waals surface area contributed by atoms with E-state index in [-0.39, 0.29) is 76.0 Å². The Hall–Kier alpha value is -1.29. The molecule has 180 valence electrons. The Labute approximate surface area is 243 Å². The number of ether oxygens (including phenoxy) is 3. The van der Waals surface area contributed by atoms with Crippen LogP contribution in [0.1, 0.15) is 39.5 Å². The third kappa shape index (κ3) is 9.39. The molecule has 1 saturated carbocycles. The van der Waals surface area contributed by atoms with Gasteiger partial charge in [-0.15, -0.1) is 0 Å². The summed E-state index contributed by atoms with van der Waals surface area (Å²) in [5, 5.41) is 0. The van der Waals surface area contributed by atoms with Crippen molar-refractivity contribution in [3.05, 3.63) is 60.4 Å². The summed E-state index contributed by atoms with van der Waals surface area (Å²) < 4.78 is 30.0. The summed E-state index contributed by atoms with van der Waals surface area (Å²) in [7, 11) is 0. The molecule has 1 aliphatic carbocycles. The van der Waals surface area contributed by atoms with Gasteiger partial charge in [0.05, 0.1) is 30.7 Å². The maximum absolute atomic E-state index is 13.8. The molecule has 0 atom stereocenters. The third-order valence-corrected chi connectivity index (χ3v) is 5.61. The second-order valence-corrected chi connectivity index (χ2v) is 8.67. The SMILES string of the molecule is CC(C)OC(=O)COCC1CCC(COC(=O)N(c2ccccc2)c2cccc(F)c2)CC1.[KH]. The molecule has 0 spiro atoms. The Kier molecular flexibility index (Phi) is 12.7. The number of nitrogens with zero attached hydrogens (tertiary/aromatic N) is 1. The zero-order chi connectivity index (χ0) is 23.6. The first-order valence-corrected chi connectivity index (χ1v) is 11.5. The molecule has 2 aromatic carbocycles. The Morgan fingerprint density at radius 1 is 0.941 bits per heavy atom. The average molecular weight is 498 g/mol. The topological polar surface area (TPSA) is 65.1 Å². The third-order valence-electron chi connectivity index (χ3n) is 5.61. The van der Waals surface area contributed by atoms with E-state index in [1.54, 1.807) is 24.3 Å². The predicted octanol–water partition coefficient (Wildman–Crippen LogP) is 5.23. The van der Waals surface area contributed by atoms with E-state index < -0.39 is 11.9 Å². The Bertz CT molecular complexity index is 903. The van der Waals surface area contributed by atoms with Gasteiger partial charge in [0.25, 0.3) is 0 Å². The molecule has 0 N–H and O–H groups in total. The quantitative estimate of drug-likeness (QED) is 0.351. The molecule has 1 aliphatic rings. The molecule has 1 amide bonds. The van der Waals surface area contributed by atoms with Gasteiger partial charge in [-0.3, -0.25) is 0 Å².